The van der Waals surface area contributed by atoms with Gasteiger partial charge in [-0.1, -0.05) is 56.2 Å². The third-order valence-corrected chi connectivity index (χ3v) is 9.10. The predicted molar refractivity (Wildman–Crippen MR) is 149 cm³/mol. The molecule has 1 spiro atoms. The van der Waals surface area contributed by atoms with Crippen molar-refractivity contribution in [1.82, 2.24) is 9.80 Å². The van der Waals surface area contributed by atoms with E-state index in [2.05, 4.69) is 0 Å². The van der Waals surface area contributed by atoms with Crippen LogP contribution < -0.4 is 4.90 Å². The molecule has 1 N–H and O–H groups in total. The molecule has 8 heteroatoms. The summed E-state index contributed by atoms with van der Waals surface area (Å²) in [5.41, 5.74) is 0.679. The molecule has 1 unspecified atom stereocenters. The van der Waals surface area contributed by atoms with Crippen molar-refractivity contribution in [2.75, 3.05) is 38.2 Å². The summed E-state index contributed by atoms with van der Waals surface area (Å²) in [6.07, 6.45) is 11.4. The summed E-state index contributed by atoms with van der Waals surface area (Å²) in [4.78, 5) is 47.9. The standard InChI is InChI=1S/C31H41N3O5/c1-5-30-14-10-16-32(4)27(36)24(30)25-28(37)34(17-8-6-7-9-19-35)26-29(38)33(18-11-15-31(25,26)39-30)23-20-21(2)12-13-22(23)3/h10-15,20,24-26,35H,5-9,16-19H2,1-4H3/t24-,25+,26?,30+,31+/m1/s1. The first-order valence-electron chi connectivity index (χ1n) is 14.3. The topological polar surface area (TPSA) is 90.4 Å². The SMILES string of the molecule is CC[C@]12C=CCN(C)C(=O)[C@H]1[C@H]1C(=O)N(CCCCCCO)C3C(=O)N(c4cc(C)ccc4C)CC=C[C@@]31O2. The van der Waals surface area contributed by atoms with Crippen LogP contribution >= 0.6 is 0 Å². The second-order valence-corrected chi connectivity index (χ2v) is 11.6. The first-order valence-corrected chi connectivity index (χ1v) is 14.3. The van der Waals surface area contributed by atoms with E-state index < -0.39 is 29.1 Å². The molecule has 1 aromatic carbocycles. The highest BCUT2D eigenvalue weighted by molar-refractivity contribution is 6.06. The Hall–Kier alpha value is -2.97. The number of fused-ring (bicyclic) bond motifs is 2. The largest absolute Gasteiger partial charge is 0.396 e. The number of hydrogen-bond acceptors (Lipinski definition) is 5. The summed E-state index contributed by atoms with van der Waals surface area (Å²) in [6.45, 7) is 7.35. The molecule has 0 saturated carbocycles. The van der Waals surface area contributed by atoms with Crippen LogP contribution in [0.3, 0.4) is 0 Å². The van der Waals surface area contributed by atoms with Gasteiger partial charge in [0, 0.05) is 39.0 Å². The lowest BCUT2D eigenvalue weighted by Crippen LogP contribution is -2.56. The number of hydrogen-bond donors (Lipinski definition) is 1. The van der Waals surface area contributed by atoms with Gasteiger partial charge in [-0.2, -0.15) is 0 Å². The number of nitrogens with zero attached hydrogens (tertiary/aromatic N) is 3. The van der Waals surface area contributed by atoms with Gasteiger partial charge in [-0.05, 0) is 50.3 Å². The second kappa shape index (κ2) is 10.5. The number of likely N-dealkylation sites (N-methyl/N-ethyl adjacent to an activating group) is 1. The maximum Gasteiger partial charge on any atom is 0.253 e. The summed E-state index contributed by atoms with van der Waals surface area (Å²) < 4.78 is 6.99. The van der Waals surface area contributed by atoms with E-state index in [4.69, 9.17) is 4.74 Å². The van der Waals surface area contributed by atoms with E-state index in [1.54, 1.807) is 21.7 Å². The Bertz CT molecular complexity index is 1210. The van der Waals surface area contributed by atoms with Gasteiger partial charge < -0.3 is 24.5 Å². The Balaban J connectivity index is 1.61. The minimum Gasteiger partial charge on any atom is -0.396 e. The number of ether oxygens (including phenoxy) is 1. The Morgan fingerprint density at radius 3 is 2.44 bits per heavy atom. The summed E-state index contributed by atoms with van der Waals surface area (Å²) in [6, 6.07) is 5.19. The fourth-order valence-electron chi connectivity index (χ4n) is 7.10. The maximum absolute atomic E-state index is 14.6. The van der Waals surface area contributed by atoms with Crippen LogP contribution in [0.15, 0.2) is 42.5 Å². The molecule has 4 heterocycles. The summed E-state index contributed by atoms with van der Waals surface area (Å²) in [7, 11) is 1.76. The van der Waals surface area contributed by atoms with Crippen LogP contribution in [0, 0.1) is 25.7 Å². The Kier molecular flexibility index (Phi) is 7.46. The molecule has 4 aliphatic heterocycles. The second-order valence-electron chi connectivity index (χ2n) is 11.6. The van der Waals surface area contributed by atoms with Crippen molar-refractivity contribution in [1.29, 1.82) is 0 Å². The summed E-state index contributed by atoms with van der Waals surface area (Å²) >= 11 is 0. The molecule has 5 atom stereocenters. The van der Waals surface area contributed by atoms with Crippen molar-refractivity contribution >= 4 is 23.4 Å². The highest BCUT2D eigenvalue weighted by Crippen LogP contribution is 2.58. The van der Waals surface area contributed by atoms with Gasteiger partial charge in [0.05, 0.1) is 17.4 Å². The number of unbranched alkanes of at least 4 members (excludes halogenated alkanes) is 3. The fraction of sp³-hybridized carbons (Fsp3) is 0.581. The molecule has 2 saturated heterocycles. The number of aliphatic hydroxyl groups is 1. The van der Waals surface area contributed by atoms with E-state index in [0.29, 0.717) is 38.9 Å². The smallest absolute Gasteiger partial charge is 0.253 e. The van der Waals surface area contributed by atoms with Crippen LogP contribution in [0.1, 0.15) is 50.2 Å². The Morgan fingerprint density at radius 1 is 0.949 bits per heavy atom. The van der Waals surface area contributed by atoms with Crippen molar-refractivity contribution in [2.24, 2.45) is 11.8 Å². The lowest BCUT2D eigenvalue weighted by Gasteiger charge is -2.38. The van der Waals surface area contributed by atoms with Crippen molar-refractivity contribution in [2.45, 2.75) is 70.1 Å². The molecule has 4 aliphatic rings. The molecular weight excluding hydrogens is 494 g/mol. The monoisotopic (exact) mass is 535 g/mol. The predicted octanol–water partition coefficient (Wildman–Crippen LogP) is 3.15. The van der Waals surface area contributed by atoms with E-state index in [1.807, 2.05) is 63.3 Å². The van der Waals surface area contributed by atoms with Crippen molar-refractivity contribution in [3.05, 3.63) is 53.6 Å². The molecule has 1 aromatic rings. The molecular formula is C31H41N3O5. The van der Waals surface area contributed by atoms with Gasteiger partial charge in [0.1, 0.15) is 11.6 Å². The third kappa shape index (κ3) is 4.32. The normalized spacial score (nSPS) is 31.9. The number of aryl methyl sites for hydroxylation is 2. The molecule has 3 amide bonds. The summed E-state index contributed by atoms with van der Waals surface area (Å²) in [5.74, 6) is -1.95. The van der Waals surface area contributed by atoms with Gasteiger partial charge in [-0.15, -0.1) is 0 Å². The molecule has 0 aliphatic carbocycles. The van der Waals surface area contributed by atoms with E-state index in [0.717, 1.165) is 29.7 Å². The molecule has 0 aromatic heterocycles. The van der Waals surface area contributed by atoms with Crippen molar-refractivity contribution in [3.63, 3.8) is 0 Å². The number of rotatable bonds is 8. The Morgan fingerprint density at radius 2 is 1.69 bits per heavy atom. The number of anilines is 1. The fourth-order valence-corrected chi connectivity index (χ4v) is 7.10. The molecule has 2 fully saturated rings. The van der Waals surface area contributed by atoms with Crippen LogP contribution in [0.5, 0.6) is 0 Å². The highest BCUT2D eigenvalue weighted by atomic mass is 16.5. The number of carbonyl (C=O) groups is 3. The lowest BCUT2D eigenvalue weighted by molar-refractivity contribution is -0.149. The average molecular weight is 536 g/mol. The number of likely N-dealkylation sites (tertiary alicyclic amines) is 1. The van der Waals surface area contributed by atoms with Crippen LogP contribution in [-0.4, -0.2) is 83.2 Å². The zero-order chi connectivity index (χ0) is 27.9. The zero-order valence-corrected chi connectivity index (χ0v) is 23.6. The Labute approximate surface area is 231 Å². The summed E-state index contributed by atoms with van der Waals surface area (Å²) in [5, 5.41) is 9.17. The molecule has 0 radical (unpaired) electrons. The van der Waals surface area contributed by atoms with E-state index in [1.165, 1.54) is 0 Å². The van der Waals surface area contributed by atoms with Crippen molar-refractivity contribution in [3.8, 4) is 0 Å². The first kappa shape index (κ1) is 27.6. The quantitative estimate of drug-likeness (QED) is 0.408. The van der Waals surface area contributed by atoms with Crippen LogP contribution in [-0.2, 0) is 19.1 Å². The van der Waals surface area contributed by atoms with Gasteiger partial charge in [0.2, 0.25) is 11.8 Å². The van der Waals surface area contributed by atoms with Crippen LogP contribution in [0.2, 0.25) is 0 Å². The molecule has 39 heavy (non-hydrogen) atoms. The maximum atomic E-state index is 14.6. The lowest BCUT2D eigenvalue weighted by atomic mass is 9.73. The minimum absolute atomic E-state index is 0.114. The van der Waals surface area contributed by atoms with E-state index >= 15 is 0 Å². The first-order chi connectivity index (χ1) is 18.7. The number of carbonyl (C=O) groups excluding carboxylic acids is 3. The molecule has 5 rings (SSSR count). The number of amides is 3. The van der Waals surface area contributed by atoms with E-state index in [-0.39, 0.29) is 24.3 Å². The van der Waals surface area contributed by atoms with Gasteiger partial charge in [-0.25, -0.2) is 0 Å². The average Bonchev–Trinajstić information content (AvgIpc) is 3.21. The van der Waals surface area contributed by atoms with Crippen LogP contribution in [0.4, 0.5) is 5.69 Å². The van der Waals surface area contributed by atoms with Gasteiger partial charge in [0.15, 0.2) is 0 Å². The zero-order valence-electron chi connectivity index (χ0n) is 23.6. The van der Waals surface area contributed by atoms with Crippen molar-refractivity contribution < 1.29 is 24.2 Å². The molecule has 210 valence electrons. The van der Waals surface area contributed by atoms with Gasteiger partial charge in [0.25, 0.3) is 5.91 Å². The highest BCUT2D eigenvalue weighted by Gasteiger charge is 2.75. The third-order valence-electron chi connectivity index (χ3n) is 9.10. The number of benzene rings is 1. The van der Waals surface area contributed by atoms with Gasteiger partial charge in [-0.3, -0.25) is 14.4 Å². The van der Waals surface area contributed by atoms with Crippen LogP contribution in [0.25, 0.3) is 0 Å². The molecule has 8 nitrogen and oxygen atoms in total. The minimum atomic E-state index is -1.23. The number of aliphatic hydroxyl groups excluding tert-OH is 1. The van der Waals surface area contributed by atoms with E-state index in [9.17, 15) is 19.5 Å². The van der Waals surface area contributed by atoms with Gasteiger partial charge >= 0.3 is 0 Å². The molecule has 0 bridgehead atoms.